The number of thioether (sulfide) groups is 2. The van der Waals surface area contributed by atoms with E-state index in [9.17, 15) is 0 Å². The summed E-state index contributed by atoms with van der Waals surface area (Å²) in [6.07, 6.45) is 0. The molecule has 0 N–H and O–H groups in total. The maximum absolute atomic E-state index is 2.30. The third-order valence-electron chi connectivity index (χ3n) is 3.77. The van der Waals surface area contributed by atoms with Gasteiger partial charge in [-0.15, -0.1) is 11.8 Å². The lowest BCUT2D eigenvalue weighted by Gasteiger charge is -2.29. The van der Waals surface area contributed by atoms with E-state index in [1.807, 2.05) is 0 Å². The summed E-state index contributed by atoms with van der Waals surface area (Å²) in [5.41, 5.74) is 5.64. The Bertz CT molecular complexity index is 505. The van der Waals surface area contributed by atoms with Crippen molar-refractivity contribution in [3.8, 4) is 0 Å². The Hall–Kier alpha value is -0.860. The molecule has 0 aliphatic carbocycles. The molecule has 1 fully saturated rings. The van der Waals surface area contributed by atoms with Crippen molar-refractivity contribution >= 4 is 23.5 Å². The Labute approximate surface area is 130 Å². The SMILES string of the molecule is Cc1ccc([C@@H]2CSC[C@@H](c3ccc(C)cc3)S2)cc1. The predicted octanol–water partition coefficient (Wildman–Crippen LogP) is 5.57. The smallest absolute Gasteiger partial charge is 0.0394 e. The van der Waals surface area contributed by atoms with Gasteiger partial charge in [0.25, 0.3) is 0 Å². The number of rotatable bonds is 2. The van der Waals surface area contributed by atoms with E-state index in [1.54, 1.807) is 0 Å². The van der Waals surface area contributed by atoms with Crippen LogP contribution in [0.5, 0.6) is 0 Å². The largest absolute Gasteiger partial charge is 0.159 e. The number of benzene rings is 2. The first-order valence-electron chi connectivity index (χ1n) is 7.09. The minimum atomic E-state index is 0.626. The van der Waals surface area contributed by atoms with E-state index in [4.69, 9.17) is 0 Å². The van der Waals surface area contributed by atoms with E-state index < -0.39 is 0 Å². The first-order valence-corrected chi connectivity index (χ1v) is 9.18. The molecule has 2 aromatic rings. The van der Waals surface area contributed by atoms with Gasteiger partial charge in [0.1, 0.15) is 0 Å². The quantitative estimate of drug-likeness (QED) is 0.711. The minimum absolute atomic E-state index is 0.626. The molecule has 0 aromatic heterocycles. The van der Waals surface area contributed by atoms with Gasteiger partial charge in [0.05, 0.1) is 0 Å². The van der Waals surface area contributed by atoms with Crippen LogP contribution in [-0.4, -0.2) is 11.5 Å². The molecule has 3 rings (SSSR count). The van der Waals surface area contributed by atoms with Crippen LogP contribution in [0.4, 0.5) is 0 Å². The molecule has 104 valence electrons. The van der Waals surface area contributed by atoms with Gasteiger partial charge in [-0.05, 0) is 25.0 Å². The van der Waals surface area contributed by atoms with Crippen LogP contribution in [0.15, 0.2) is 48.5 Å². The van der Waals surface area contributed by atoms with Crippen molar-refractivity contribution in [3.63, 3.8) is 0 Å². The second-order valence-electron chi connectivity index (χ2n) is 5.47. The molecular weight excluding hydrogens is 280 g/mol. The first-order chi connectivity index (χ1) is 9.72. The molecule has 2 aromatic carbocycles. The molecule has 0 spiro atoms. The normalized spacial score (nSPS) is 22.7. The standard InChI is InChI=1S/C18H20S2/c1-13-3-7-15(8-4-13)17-11-19-12-18(20-17)16-9-5-14(2)6-10-16/h3-10,17-18H,11-12H2,1-2H3/t17-,18-/m0/s1. The van der Waals surface area contributed by atoms with Crippen LogP contribution in [0.25, 0.3) is 0 Å². The Morgan fingerprint density at radius 1 is 0.700 bits per heavy atom. The van der Waals surface area contributed by atoms with Crippen molar-refractivity contribution in [2.45, 2.75) is 24.3 Å². The molecule has 0 unspecified atom stereocenters. The summed E-state index contributed by atoms with van der Waals surface area (Å²) in [6, 6.07) is 18.1. The van der Waals surface area contributed by atoms with Gasteiger partial charge in [0.15, 0.2) is 0 Å². The molecule has 2 atom stereocenters. The minimum Gasteiger partial charge on any atom is -0.159 e. The molecule has 20 heavy (non-hydrogen) atoms. The number of hydrogen-bond acceptors (Lipinski definition) is 2. The van der Waals surface area contributed by atoms with E-state index in [2.05, 4.69) is 85.9 Å². The zero-order chi connectivity index (χ0) is 13.9. The Kier molecular flexibility index (Phi) is 4.42. The summed E-state index contributed by atoms with van der Waals surface area (Å²) in [7, 11) is 0. The molecule has 1 aliphatic rings. The van der Waals surface area contributed by atoms with Crippen LogP contribution in [0, 0.1) is 13.8 Å². The maximum atomic E-state index is 2.30. The lowest BCUT2D eigenvalue weighted by atomic mass is 10.1. The molecule has 1 heterocycles. The summed E-state index contributed by atoms with van der Waals surface area (Å²) in [4.78, 5) is 0. The summed E-state index contributed by atoms with van der Waals surface area (Å²) in [5, 5.41) is 1.25. The van der Waals surface area contributed by atoms with Gasteiger partial charge >= 0.3 is 0 Å². The van der Waals surface area contributed by atoms with Crippen molar-refractivity contribution in [1.82, 2.24) is 0 Å². The van der Waals surface area contributed by atoms with Gasteiger partial charge in [-0.25, -0.2) is 0 Å². The number of hydrogen-bond donors (Lipinski definition) is 0. The van der Waals surface area contributed by atoms with Gasteiger partial charge in [-0.3, -0.25) is 0 Å². The highest BCUT2D eigenvalue weighted by molar-refractivity contribution is 8.06. The molecule has 1 aliphatic heterocycles. The Morgan fingerprint density at radius 2 is 1.10 bits per heavy atom. The van der Waals surface area contributed by atoms with Crippen LogP contribution in [0.3, 0.4) is 0 Å². The Balaban J connectivity index is 1.76. The fourth-order valence-corrected chi connectivity index (χ4v) is 5.65. The summed E-state index contributed by atoms with van der Waals surface area (Å²) in [6.45, 7) is 4.31. The van der Waals surface area contributed by atoms with Crippen molar-refractivity contribution < 1.29 is 0 Å². The van der Waals surface area contributed by atoms with Gasteiger partial charge < -0.3 is 0 Å². The van der Waals surface area contributed by atoms with Crippen LogP contribution in [0.1, 0.15) is 32.8 Å². The van der Waals surface area contributed by atoms with Crippen LogP contribution < -0.4 is 0 Å². The highest BCUT2D eigenvalue weighted by Gasteiger charge is 2.25. The van der Waals surface area contributed by atoms with Gasteiger partial charge in [-0.2, -0.15) is 11.8 Å². The van der Waals surface area contributed by atoms with Crippen molar-refractivity contribution in [2.75, 3.05) is 11.5 Å². The van der Waals surface area contributed by atoms with E-state index >= 15 is 0 Å². The lowest BCUT2D eigenvalue weighted by molar-refractivity contribution is 1.02. The van der Waals surface area contributed by atoms with Crippen LogP contribution in [0.2, 0.25) is 0 Å². The van der Waals surface area contributed by atoms with Crippen molar-refractivity contribution in [3.05, 3.63) is 70.8 Å². The molecule has 0 bridgehead atoms. The topological polar surface area (TPSA) is 0 Å². The molecular formula is C18H20S2. The summed E-state index contributed by atoms with van der Waals surface area (Å²) >= 11 is 4.22. The second kappa shape index (κ2) is 6.28. The first kappa shape index (κ1) is 14.1. The highest BCUT2D eigenvalue weighted by atomic mass is 32.2. The van der Waals surface area contributed by atoms with Gasteiger partial charge in [-0.1, -0.05) is 59.7 Å². The fourth-order valence-electron chi connectivity index (χ4n) is 2.47. The van der Waals surface area contributed by atoms with Crippen molar-refractivity contribution in [2.24, 2.45) is 0 Å². The summed E-state index contributed by atoms with van der Waals surface area (Å²) < 4.78 is 0. The molecule has 2 heteroatoms. The van der Waals surface area contributed by atoms with E-state index in [0.29, 0.717) is 10.5 Å². The van der Waals surface area contributed by atoms with Gasteiger partial charge in [0.2, 0.25) is 0 Å². The highest BCUT2D eigenvalue weighted by Crippen LogP contribution is 2.48. The van der Waals surface area contributed by atoms with Crippen molar-refractivity contribution in [1.29, 1.82) is 0 Å². The average molecular weight is 300 g/mol. The molecule has 0 saturated carbocycles. The van der Waals surface area contributed by atoms with Crippen LogP contribution >= 0.6 is 23.5 Å². The summed E-state index contributed by atoms with van der Waals surface area (Å²) in [5.74, 6) is 2.46. The zero-order valence-electron chi connectivity index (χ0n) is 12.0. The van der Waals surface area contributed by atoms with E-state index in [1.165, 1.54) is 33.8 Å². The van der Waals surface area contributed by atoms with E-state index in [0.717, 1.165) is 0 Å². The average Bonchev–Trinajstić information content (AvgIpc) is 2.49. The fraction of sp³-hybridized carbons (Fsp3) is 0.333. The molecule has 0 amide bonds. The predicted molar refractivity (Wildman–Crippen MR) is 92.8 cm³/mol. The molecule has 0 nitrogen and oxygen atoms in total. The lowest BCUT2D eigenvalue weighted by Crippen LogP contribution is -2.11. The monoisotopic (exact) mass is 300 g/mol. The number of aryl methyl sites for hydroxylation is 2. The zero-order valence-corrected chi connectivity index (χ0v) is 13.6. The Morgan fingerprint density at radius 3 is 1.50 bits per heavy atom. The second-order valence-corrected chi connectivity index (χ2v) is 7.96. The van der Waals surface area contributed by atoms with Crippen LogP contribution in [-0.2, 0) is 0 Å². The molecule has 1 saturated heterocycles. The third kappa shape index (κ3) is 3.24. The molecule has 0 radical (unpaired) electrons. The maximum Gasteiger partial charge on any atom is 0.0394 e. The van der Waals surface area contributed by atoms with E-state index in [-0.39, 0.29) is 0 Å². The third-order valence-corrected chi connectivity index (χ3v) is 6.86. The van der Waals surface area contributed by atoms with Gasteiger partial charge in [0, 0.05) is 22.0 Å².